The van der Waals surface area contributed by atoms with E-state index in [9.17, 15) is 31.9 Å². The highest BCUT2D eigenvalue weighted by Gasteiger charge is 2.47. The van der Waals surface area contributed by atoms with E-state index in [1.807, 2.05) is 6.92 Å². The standard InChI is InChI=1S/C32H28ClF4N5O5/c1-3-15-6-17-7-18(9-24(26(17)40-11-15)46-13-25(38)43)29(44)41-12-20(32(35,36)37)23-10-19-28(47-14-31(19,2)30(39)45)27(42-23)16-4-5-22(34)21(33)8-16/h4-11,20H,3,12-14H2,1-2H3,(H2,38,43)(H2,39,45)(H,41,44)/t20-,31+/m1/s1. The molecule has 2 aromatic heterocycles. The molecule has 10 nitrogen and oxygen atoms in total. The predicted octanol–water partition coefficient (Wildman–Crippen LogP) is 4.73. The number of aryl methyl sites for hydroxylation is 1. The average molecular weight is 674 g/mol. The normalized spacial score (nSPS) is 16.3. The number of halogens is 5. The van der Waals surface area contributed by atoms with Crippen molar-refractivity contribution in [3.8, 4) is 22.8 Å². The van der Waals surface area contributed by atoms with Gasteiger partial charge in [0.1, 0.15) is 46.5 Å². The number of benzene rings is 2. The number of amides is 3. The van der Waals surface area contributed by atoms with Crippen molar-refractivity contribution >= 4 is 40.2 Å². The number of carbonyl (C=O) groups is 3. The molecule has 0 saturated carbocycles. The topological polar surface area (TPSA) is 160 Å². The summed E-state index contributed by atoms with van der Waals surface area (Å²) in [5.74, 6) is -5.61. The van der Waals surface area contributed by atoms with E-state index in [1.165, 1.54) is 31.2 Å². The highest BCUT2D eigenvalue weighted by atomic mass is 35.5. The first-order valence-corrected chi connectivity index (χ1v) is 14.6. The Balaban J connectivity index is 1.55. The van der Waals surface area contributed by atoms with Crippen LogP contribution in [-0.2, 0) is 21.4 Å². The molecule has 1 aliphatic heterocycles. The Morgan fingerprint density at radius 1 is 1.15 bits per heavy atom. The van der Waals surface area contributed by atoms with Gasteiger partial charge in [-0.15, -0.1) is 0 Å². The fourth-order valence-electron chi connectivity index (χ4n) is 5.16. The molecule has 0 bridgehead atoms. The Hall–Kier alpha value is -4.98. The number of hydrogen-bond donors (Lipinski definition) is 3. The van der Waals surface area contributed by atoms with Gasteiger partial charge in [0.15, 0.2) is 6.61 Å². The minimum atomic E-state index is -4.94. The summed E-state index contributed by atoms with van der Waals surface area (Å²) in [5.41, 5.74) is 9.92. The van der Waals surface area contributed by atoms with Crippen molar-refractivity contribution in [3.05, 3.63) is 81.9 Å². The third kappa shape index (κ3) is 6.64. The smallest absolute Gasteiger partial charge is 0.398 e. The van der Waals surface area contributed by atoms with Crippen LogP contribution in [0.2, 0.25) is 5.02 Å². The maximum Gasteiger partial charge on any atom is 0.398 e. The molecule has 0 fully saturated rings. The second-order valence-electron chi connectivity index (χ2n) is 11.2. The zero-order valence-electron chi connectivity index (χ0n) is 25.0. The van der Waals surface area contributed by atoms with Crippen molar-refractivity contribution in [1.29, 1.82) is 0 Å². The minimum Gasteiger partial charge on any atom is -0.489 e. The summed E-state index contributed by atoms with van der Waals surface area (Å²) in [5, 5.41) is 2.46. The third-order valence-electron chi connectivity index (χ3n) is 7.89. The van der Waals surface area contributed by atoms with Gasteiger partial charge in [0.05, 0.1) is 10.7 Å². The van der Waals surface area contributed by atoms with Gasteiger partial charge in [0.2, 0.25) is 5.91 Å². The number of pyridine rings is 2. The lowest BCUT2D eigenvalue weighted by molar-refractivity contribution is -0.149. The summed E-state index contributed by atoms with van der Waals surface area (Å²) in [7, 11) is 0. The summed E-state index contributed by atoms with van der Waals surface area (Å²) in [6, 6.07) is 8.97. The zero-order valence-corrected chi connectivity index (χ0v) is 25.8. The quantitative estimate of drug-likeness (QED) is 0.205. The molecule has 47 heavy (non-hydrogen) atoms. The molecule has 0 radical (unpaired) electrons. The molecule has 5 rings (SSSR count). The predicted molar refractivity (Wildman–Crippen MR) is 164 cm³/mol. The lowest BCUT2D eigenvalue weighted by Crippen LogP contribution is -2.40. The number of nitrogens with one attached hydrogen (secondary N) is 1. The Morgan fingerprint density at radius 3 is 2.53 bits per heavy atom. The molecule has 0 unspecified atom stereocenters. The third-order valence-corrected chi connectivity index (χ3v) is 8.18. The fourth-order valence-corrected chi connectivity index (χ4v) is 5.34. The molecule has 1 aliphatic rings. The number of hydrogen-bond acceptors (Lipinski definition) is 7. The lowest BCUT2D eigenvalue weighted by atomic mass is 9.82. The molecule has 0 aliphatic carbocycles. The van der Waals surface area contributed by atoms with Crippen molar-refractivity contribution in [3.63, 3.8) is 0 Å². The summed E-state index contributed by atoms with van der Waals surface area (Å²) >= 11 is 5.96. The second kappa shape index (κ2) is 12.7. The van der Waals surface area contributed by atoms with Crippen LogP contribution in [0.5, 0.6) is 11.5 Å². The van der Waals surface area contributed by atoms with Gasteiger partial charge >= 0.3 is 6.18 Å². The SMILES string of the molecule is CCc1cnc2c(OCC(N)=O)cc(C(=O)NC[C@H](c3cc4c(c(-c5ccc(F)c(Cl)c5)n3)OC[C@]4(C)C(N)=O)C(F)(F)F)cc2c1. The van der Waals surface area contributed by atoms with Gasteiger partial charge in [-0.3, -0.25) is 19.4 Å². The minimum absolute atomic E-state index is 0.00222. The number of nitrogens with two attached hydrogens (primary N) is 2. The van der Waals surface area contributed by atoms with Gasteiger partial charge in [-0.25, -0.2) is 9.37 Å². The number of aromatic nitrogens is 2. The Bertz CT molecular complexity index is 1920. The highest BCUT2D eigenvalue weighted by Crippen LogP contribution is 2.47. The van der Waals surface area contributed by atoms with Crippen LogP contribution < -0.4 is 26.3 Å². The van der Waals surface area contributed by atoms with Crippen molar-refractivity contribution in [2.75, 3.05) is 19.8 Å². The van der Waals surface area contributed by atoms with Crippen LogP contribution in [-0.4, -0.2) is 53.6 Å². The monoisotopic (exact) mass is 673 g/mol. The van der Waals surface area contributed by atoms with Crippen LogP contribution in [0.15, 0.2) is 48.7 Å². The number of fused-ring (bicyclic) bond motifs is 2. The van der Waals surface area contributed by atoms with E-state index in [4.69, 9.17) is 32.5 Å². The number of rotatable bonds is 10. The van der Waals surface area contributed by atoms with E-state index in [0.29, 0.717) is 17.3 Å². The van der Waals surface area contributed by atoms with Gasteiger partial charge in [0, 0.05) is 34.8 Å². The van der Waals surface area contributed by atoms with Gasteiger partial charge in [-0.1, -0.05) is 18.5 Å². The number of carbonyl (C=O) groups excluding carboxylic acids is 3. The van der Waals surface area contributed by atoms with E-state index in [1.54, 1.807) is 12.3 Å². The molecule has 2 aromatic carbocycles. The molecule has 5 N–H and O–H groups in total. The summed E-state index contributed by atoms with van der Waals surface area (Å²) in [6.07, 6.45) is -2.73. The first kappa shape index (κ1) is 33.4. The summed E-state index contributed by atoms with van der Waals surface area (Å²) in [6.45, 7) is 1.56. The van der Waals surface area contributed by atoms with Crippen LogP contribution in [0, 0.1) is 5.82 Å². The van der Waals surface area contributed by atoms with Crippen LogP contribution in [0.1, 0.15) is 46.9 Å². The molecule has 0 saturated heterocycles. The Morgan fingerprint density at radius 2 is 1.89 bits per heavy atom. The van der Waals surface area contributed by atoms with Gasteiger partial charge in [-0.2, -0.15) is 13.2 Å². The number of primary amides is 2. The molecular weight excluding hydrogens is 646 g/mol. The van der Waals surface area contributed by atoms with Crippen molar-refractivity contribution < 1.29 is 41.4 Å². The number of alkyl halides is 3. The molecule has 3 amide bonds. The molecular formula is C32H28ClF4N5O5. The maximum absolute atomic E-state index is 14.7. The molecule has 246 valence electrons. The average Bonchev–Trinajstić information content (AvgIpc) is 3.37. The van der Waals surface area contributed by atoms with Crippen LogP contribution in [0.25, 0.3) is 22.2 Å². The van der Waals surface area contributed by atoms with Crippen LogP contribution in [0.3, 0.4) is 0 Å². The van der Waals surface area contributed by atoms with E-state index < -0.39 is 59.9 Å². The van der Waals surface area contributed by atoms with Crippen LogP contribution >= 0.6 is 11.6 Å². The first-order chi connectivity index (χ1) is 22.1. The highest BCUT2D eigenvalue weighted by molar-refractivity contribution is 6.31. The van der Waals surface area contributed by atoms with Gasteiger partial charge in [-0.05, 0) is 61.4 Å². The fraction of sp³-hybridized carbons (Fsp3) is 0.281. The van der Waals surface area contributed by atoms with E-state index in [2.05, 4.69) is 15.3 Å². The molecule has 2 atom stereocenters. The number of ether oxygens (including phenoxy) is 2. The van der Waals surface area contributed by atoms with E-state index in [-0.39, 0.29) is 45.5 Å². The first-order valence-electron chi connectivity index (χ1n) is 14.2. The summed E-state index contributed by atoms with van der Waals surface area (Å²) < 4.78 is 69.2. The van der Waals surface area contributed by atoms with Crippen molar-refractivity contribution in [2.45, 2.75) is 37.8 Å². The van der Waals surface area contributed by atoms with Crippen molar-refractivity contribution in [2.24, 2.45) is 11.5 Å². The van der Waals surface area contributed by atoms with E-state index in [0.717, 1.165) is 17.7 Å². The maximum atomic E-state index is 14.7. The van der Waals surface area contributed by atoms with Crippen molar-refractivity contribution in [1.82, 2.24) is 15.3 Å². The second-order valence-corrected chi connectivity index (χ2v) is 11.6. The molecule has 4 aromatic rings. The van der Waals surface area contributed by atoms with Gasteiger partial charge in [0.25, 0.3) is 11.8 Å². The van der Waals surface area contributed by atoms with Gasteiger partial charge < -0.3 is 26.3 Å². The molecule has 15 heteroatoms. The lowest BCUT2D eigenvalue weighted by Gasteiger charge is -2.24. The Kier molecular flexibility index (Phi) is 9.00. The zero-order chi connectivity index (χ0) is 34.3. The largest absolute Gasteiger partial charge is 0.489 e. The number of nitrogens with zero attached hydrogens (tertiary/aromatic N) is 2. The van der Waals surface area contributed by atoms with Crippen LogP contribution in [0.4, 0.5) is 17.6 Å². The van der Waals surface area contributed by atoms with E-state index >= 15 is 0 Å². The summed E-state index contributed by atoms with van der Waals surface area (Å²) in [4.78, 5) is 45.7. The molecule has 0 spiro atoms. The molecule has 3 heterocycles. The Labute approximate surface area is 270 Å².